The SMILES string of the molecule is CC(=O)N1CCc2ccc(NC(=O)Nc3ncc(C4CCC4)s3)cc21. The molecule has 0 atom stereocenters. The third-order valence-corrected chi connectivity index (χ3v) is 5.95. The summed E-state index contributed by atoms with van der Waals surface area (Å²) in [5.74, 6) is 0.636. The van der Waals surface area contributed by atoms with Crippen LogP contribution in [0, 0.1) is 0 Å². The van der Waals surface area contributed by atoms with Gasteiger partial charge in [0.2, 0.25) is 5.91 Å². The smallest absolute Gasteiger partial charge is 0.312 e. The Kier molecular flexibility index (Phi) is 4.17. The second kappa shape index (κ2) is 6.48. The number of thiazole rings is 1. The van der Waals surface area contributed by atoms with E-state index in [0.29, 0.717) is 23.3 Å². The minimum Gasteiger partial charge on any atom is -0.312 e. The standard InChI is InChI=1S/C18H20N4O2S/c1-11(23)22-8-7-12-5-6-14(9-15(12)22)20-17(24)21-18-19-10-16(25-18)13-3-2-4-13/h5-6,9-10,13H,2-4,7-8H2,1H3,(H2,19,20,21,24). The van der Waals surface area contributed by atoms with Crippen LogP contribution >= 0.6 is 11.3 Å². The number of fused-ring (bicyclic) bond motifs is 1. The molecule has 1 aromatic carbocycles. The molecule has 0 unspecified atom stereocenters. The summed E-state index contributed by atoms with van der Waals surface area (Å²) >= 11 is 1.54. The summed E-state index contributed by atoms with van der Waals surface area (Å²) in [6, 6.07) is 5.36. The Hall–Kier alpha value is -2.41. The molecule has 1 aliphatic heterocycles. The first-order valence-corrected chi connectivity index (χ1v) is 9.36. The van der Waals surface area contributed by atoms with Gasteiger partial charge in [-0.3, -0.25) is 10.1 Å². The summed E-state index contributed by atoms with van der Waals surface area (Å²) < 4.78 is 0. The van der Waals surface area contributed by atoms with Crippen molar-refractivity contribution in [1.82, 2.24) is 4.98 Å². The quantitative estimate of drug-likeness (QED) is 0.874. The predicted molar refractivity (Wildman–Crippen MR) is 99.5 cm³/mol. The molecule has 2 heterocycles. The first-order chi connectivity index (χ1) is 12.1. The number of nitrogens with one attached hydrogen (secondary N) is 2. The molecule has 2 aliphatic rings. The minimum absolute atomic E-state index is 0.0201. The van der Waals surface area contributed by atoms with Gasteiger partial charge in [-0.25, -0.2) is 9.78 Å². The van der Waals surface area contributed by atoms with Gasteiger partial charge in [0.05, 0.1) is 0 Å². The Balaban J connectivity index is 1.42. The maximum absolute atomic E-state index is 12.2. The van der Waals surface area contributed by atoms with Gasteiger partial charge < -0.3 is 10.2 Å². The van der Waals surface area contributed by atoms with Crippen molar-refractivity contribution < 1.29 is 9.59 Å². The zero-order chi connectivity index (χ0) is 17.4. The minimum atomic E-state index is -0.318. The average molecular weight is 356 g/mol. The number of carbonyl (C=O) groups is 2. The highest BCUT2D eigenvalue weighted by Gasteiger charge is 2.23. The van der Waals surface area contributed by atoms with E-state index in [2.05, 4.69) is 15.6 Å². The van der Waals surface area contributed by atoms with Crippen LogP contribution in [0.2, 0.25) is 0 Å². The normalized spacial score (nSPS) is 16.3. The molecule has 0 spiro atoms. The zero-order valence-corrected chi connectivity index (χ0v) is 14.9. The number of urea groups is 1. The Morgan fingerprint density at radius 2 is 2.12 bits per heavy atom. The molecular formula is C18H20N4O2S. The maximum atomic E-state index is 12.2. The molecule has 3 amide bonds. The molecule has 2 aromatic rings. The van der Waals surface area contributed by atoms with Gasteiger partial charge in [0, 0.05) is 35.9 Å². The third-order valence-electron chi connectivity index (χ3n) is 4.87. The second-order valence-electron chi connectivity index (χ2n) is 6.54. The van der Waals surface area contributed by atoms with Gasteiger partial charge in [-0.2, -0.15) is 0 Å². The highest BCUT2D eigenvalue weighted by atomic mass is 32.1. The molecule has 2 N–H and O–H groups in total. The monoisotopic (exact) mass is 356 g/mol. The lowest BCUT2D eigenvalue weighted by atomic mass is 9.85. The number of aromatic nitrogens is 1. The predicted octanol–water partition coefficient (Wildman–Crippen LogP) is 3.96. The number of anilines is 3. The summed E-state index contributed by atoms with van der Waals surface area (Å²) in [7, 11) is 0. The Labute approximate surface area is 150 Å². The molecule has 4 rings (SSSR count). The summed E-state index contributed by atoms with van der Waals surface area (Å²) in [6.07, 6.45) is 6.43. The summed E-state index contributed by atoms with van der Waals surface area (Å²) in [6.45, 7) is 2.26. The molecule has 7 heteroatoms. The number of hydrogen-bond acceptors (Lipinski definition) is 4. The molecule has 1 fully saturated rings. The highest BCUT2D eigenvalue weighted by Crippen LogP contribution is 2.40. The van der Waals surface area contributed by atoms with Gasteiger partial charge in [-0.1, -0.05) is 12.5 Å². The number of hydrogen-bond donors (Lipinski definition) is 2. The fourth-order valence-electron chi connectivity index (χ4n) is 3.27. The van der Waals surface area contributed by atoms with Crippen LogP contribution in [0.4, 0.5) is 21.3 Å². The highest BCUT2D eigenvalue weighted by molar-refractivity contribution is 7.15. The number of rotatable bonds is 3. The number of nitrogens with zero attached hydrogens (tertiary/aromatic N) is 2. The van der Waals surface area contributed by atoms with Crippen molar-refractivity contribution in [3.05, 3.63) is 34.8 Å². The van der Waals surface area contributed by atoms with Gasteiger partial charge >= 0.3 is 6.03 Å². The lowest BCUT2D eigenvalue weighted by Gasteiger charge is -2.23. The molecule has 1 aromatic heterocycles. The topological polar surface area (TPSA) is 74.3 Å². The molecule has 1 aliphatic carbocycles. The van der Waals surface area contributed by atoms with Crippen molar-refractivity contribution in [1.29, 1.82) is 0 Å². The number of amides is 3. The van der Waals surface area contributed by atoms with Gasteiger partial charge in [0.15, 0.2) is 5.13 Å². The van der Waals surface area contributed by atoms with Gasteiger partial charge in [0.1, 0.15) is 0 Å². The van der Waals surface area contributed by atoms with Gasteiger partial charge in [0.25, 0.3) is 0 Å². The van der Waals surface area contributed by atoms with Crippen LogP contribution in [-0.2, 0) is 11.2 Å². The van der Waals surface area contributed by atoms with Crippen LogP contribution < -0.4 is 15.5 Å². The molecule has 25 heavy (non-hydrogen) atoms. The largest absolute Gasteiger partial charge is 0.325 e. The van der Waals surface area contributed by atoms with Crippen molar-refractivity contribution in [3.63, 3.8) is 0 Å². The fourth-order valence-corrected chi connectivity index (χ4v) is 4.25. The van der Waals surface area contributed by atoms with Crippen molar-refractivity contribution in [2.24, 2.45) is 0 Å². The first-order valence-electron chi connectivity index (χ1n) is 8.55. The van der Waals surface area contributed by atoms with Crippen molar-refractivity contribution in [2.45, 2.75) is 38.5 Å². The second-order valence-corrected chi connectivity index (χ2v) is 7.60. The van der Waals surface area contributed by atoms with Crippen LogP contribution in [-0.4, -0.2) is 23.5 Å². The van der Waals surface area contributed by atoms with E-state index in [1.807, 2.05) is 24.4 Å². The summed E-state index contributed by atoms with van der Waals surface area (Å²) in [4.78, 5) is 31.2. The van der Waals surface area contributed by atoms with E-state index in [4.69, 9.17) is 0 Å². The maximum Gasteiger partial charge on any atom is 0.325 e. The first kappa shape index (κ1) is 16.1. The van der Waals surface area contributed by atoms with Gasteiger partial charge in [-0.05, 0) is 42.9 Å². The molecule has 0 bridgehead atoms. The Bertz CT molecular complexity index is 828. The van der Waals surface area contributed by atoms with Crippen LogP contribution in [0.3, 0.4) is 0 Å². The lowest BCUT2D eigenvalue weighted by molar-refractivity contribution is -0.116. The summed E-state index contributed by atoms with van der Waals surface area (Å²) in [5, 5.41) is 6.23. The molecule has 1 saturated carbocycles. The molecular weight excluding hydrogens is 336 g/mol. The van der Waals surface area contributed by atoms with Crippen molar-refractivity contribution in [3.8, 4) is 0 Å². The van der Waals surface area contributed by atoms with E-state index in [1.54, 1.807) is 23.2 Å². The van der Waals surface area contributed by atoms with E-state index in [-0.39, 0.29) is 11.9 Å². The van der Waals surface area contributed by atoms with Crippen LogP contribution in [0.1, 0.15) is 42.5 Å². The zero-order valence-electron chi connectivity index (χ0n) is 14.0. The Morgan fingerprint density at radius 1 is 1.28 bits per heavy atom. The molecule has 0 radical (unpaired) electrons. The van der Waals surface area contributed by atoms with E-state index < -0.39 is 0 Å². The van der Waals surface area contributed by atoms with E-state index in [0.717, 1.165) is 17.7 Å². The van der Waals surface area contributed by atoms with Crippen LogP contribution in [0.15, 0.2) is 24.4 Å². The summed E-state index contributed by atoms with van der Waals surface area (Å²) in [5.41, 5.74) is 2.68. The number of carbonyl (C=O) groups excluding carboxylic acids is 2. The molecule has 6 nitrogen and oxygen atoms in total. The lowest BCUT2D eigenvalue weighted by Crippen LogP contribution is -2.26. The van der Waals surface area contributed by atoms with Crippen molar-refractivity contribution >= 4 is 39.8 Å². The average Bonchev–Trinajstić information content (AvgIpc) is 3.12. The van der Waals surface area contributed by atoms with Crippen LogP contribution in [0.5, 0.6) is 0 Å². The van der Waals surface area contributed by atoms with Crippen LogP contribution in [0.25, 0.3) is 0 Å². The van der Waals surface area contributed by atoms with Gasteiger partial charge in [-0.15, -0.1) is 11.3 Å². The number of benzene rings is 1. The van der Waals surface area contributed by atoms with E-state index in [9.17, 15) is 9.59 Å². The fraction of sp³-hybridized carbons (Fsp3) is 0.389. The third kappa shape index (κ3) is 3.24. The van der Waals surface area contributed by atoms with E-state index >= 15 is 0 Å². The molecule has 0 saturated heterocycles. The molecule has 130 valence electrons. The van der Waals surface area contributed by atoms with Crippen molar-refractivity contribution in [2.75, 3.05) is 22.1 Å². The Morgan fingerprint density at radius 3 is 2.84 bits per heavy atom. The van der Waals surface area contributed by atoms with E-state index in [1.165, 1.54) is 24.1 Å².